The van der Waals surface area contributed by atoms with E-state index >= 15 is 0 Å². The molecule has 19 heavy (non-hydrogen) atoms. The number of halogens is 1. The van der Waals surface area contributed by atoms with Crippen molar-refractivity contribution in [2.45, 2.75) is 44.2 Å². The highest BCUT2D eigenvalue weighted by molar-refractivity contribution is 6.30. The van der Waals surface area contributed by atoms with Crippen LogP contribution < -0.4 is 5.32 Å². The van der Waals surface area contributed by atoms with Gasteiger partial charge < -0.3 is 10.2 Å². The topological polar surface area (TPSA) is 15.3 Å². The molecule has 1 aliphatic carbocycles. The van der Waals surface area contributed by atoms with Crippen molar-refractivity contribution in [3.63, 3.8) is 0 Å². The second-order valence-electron chi connectivity index (χ2n) is 5.60. The van der Waals surface area contributed by atoms with Crippen molar-refractivity contribution in [2.75, 3.05) is 20.6 Å². The van der Waals surface area contributed by atoms with E-state index in [9.17, 15) is 0 Å². The molecule has 1 saturated carbocycles. The van der Waals surface area contributed by atoms with Gasteiger partial charge in [0.25, 0.3) is 0 Å². The highest BCUT2D eigenvalue weighted by Gasteiger charge is 2.20. The number of hydrogen-bond donors (Lipinski definition) is 1. The largest absolute Gasteiger partial charge is 0.313 e. The summed E-state index contributed by atoms with van der Waals surface area (Å²) < 4.78 is 0. The smallest absolute Gasteiger partial charge is 0.0406 e. The molecule has 0 aromatic heterocycles. The Morgan fingerprint density at radius 3 is 2.47 bits per heavy atom. The predicted octanol–water partition coefficient (Wildman–Crippen LogP) is 3.87. The molecular formula is C16H25ClN2. The highest BCUT2D eigenvalue weighted by atomic mass is 35.5. The van der Waals surface area contributed by atoms with Gasteiger partial charge in [0, 0.05) is 17.1 Å². The second kappa shape index (κ2) is 7.28. The van der Waals surface area contributed by atoms with Gasteiger partial charge in [-0.15, -0.1) is 0 Å². The maximum Gasteiger partial charge on any atom is 0.0406 e. The molecule has 1 aliphatic rings. The molecule has 0 saturated heterocycles. The molecule has 0 aliphatic heterocycles. The van der Waals surface area contributed by atoms with E-state index in [-0.39, 0.29) is 0 Å². The Morgan fingerprint density at radius 2 is 1.89 bits per heavy atom. The zero-order valence-electron chi connectivity index (χ0n) is 12.0. The summed E-state index contributed by atoms with van der Waals surface area (Å²) in [5, 5.41) is 4.22. The first-order chi connectivity index (χ1) is 9.20. The van der Waals surface area contributed by atoms with Gasteiger partial charge in [-0.3, -0.25) is 0 Å². The number of benzene rings is 1. The van der Waals surface area contributed by atoms with Crippen molar-refractivity contribution >= 4 is 11.6 Å². The maximum atomic E-state index is 5.94. The van der Waals surface area contributed by atoms with E-state index in [4.69, 9.17) is 11.6 Å². The SMILES string of the molecule is CNC(CCN(C)C1CCCC1)c1ccc(Cl)cc1. The fourth-order valence-corrected chi connectivity index (χ4v) is 3.16. The van der Waals surface area contributed by atoms with Crippen molar-refractivity contribution in [1.82, 2.24) is 10.2 Å². The van der Waals surface area contributed by atoms with Crippen LogP contribution in [-0.2, 0) is 0 Å². The van der Waals surface area contributed by atoms with E-state index in [0.29, 0.717) is 6.04 Å². The standard InChI is InChI=1S/C16H25ClN2/c1-18-16(13-7-9-14(17)10-8-13)11-12-19(2)15-5-3-4-6-15/h7-10,15-16,18H,3-6,11-12H2,1-2H3. The summed E-state index contributed by atoms with van der Waals surface area (Å²) in [6.45, 7) is 1.15. The molecule has 1 unspecified atom stereocenters. The zero-order valence-corrected chi connectivity index (χ0v) is 12.8. The van der Waals surface area contributed by atoms with Crippen LogP contribution in [0.1, 0.15) is 43.7 Å². The van der Waals surface area contributed by atoms with Crippen LogP contribution in [0.25, 0.3) is 0 Å². The lowest BCUT2D eigenvalue weighted by molar-refractivity contribution is 0.233. The number of hydrogen-bond acceptors (Lipinski definition) is 2. The van der Waals surface area contributed by atoms with Crippen molar-refractivity contribution in [3.05, 3.63) is 34.9 Å². The molecule has 1 fully saturated rings. The van der Waals surface area contributed by atoms with Gasteiger partial charge in [0.15, 0.2) is 0 Å². The quantitative estimate of drug-likeness (QED) is 0.851. The number of nitrogens with zero attached hydrogens (tertiary/aromatic N) is 1. The summed E-state index contributed by atoms with van der Waals surface area (Å²) in [6, 6.07) is 9.42. The van der Waals surface area contributed by atoms with Crippen molar-refractivity contribution in [3.8, 4) is 0 Å². The molecule has 1 N–H and O–H groups in total. The highest BCUT2D eigenvalue weighted by Crippen LogP contribution is 2.24. The maximum absolute atomic E-state index is 5.94. The van der Waals surface area contributed by atoms with E-state index < -0.39 is 0 Å². The Hall–Kier alpha value is -0.570. The van der Waals surface area contributed by atoms with E-state index in [1.54, 1.807) is 0 Å². The molecule has 106 valence electrons. The summed E-state index contributed by atoms with van der Waals surface area (Å²) in [4.78, 5) is 2.53. The van der Waals surface area contributed by atoms with Gasteiger partial charge in [-0.1, -0.05) is 36.6 Å². The summed E-state index contributed by atoms with van der Waals surface area (Å²) in [6.07, 6.45) is 6.71. The van der Waals surface area contributed by atoms with E-state index in [1.165, 1.54) is 31.2 Å². The first-order valence-corrected chi connectivity index (χ1v) is 7.71. The lowest BCUT2D eigenvalue weighted by atomic mass is 10.0. The Labute approximate surface area is 122 Å². The van der Waals surface area contributed by atoms with Gasteiger partial charge >= 0.3 is 0 Å². The minimum Gasteiger partial charge on any atom is -0.313 e. The first-order valence-electron chi connectivity index (χ1n) is 7.33. The van der Waals surface area contributed by atoms with Crippen LogP contribution in [0, 0.1) is 0 Å². The minimum atomic E-state index is 0.418. The Kier molecular flexibility index (Phi) is 5.68. The molecular weight excluding hydrogens is 256 g/mol. The third-order valence-electron chi connectivity index (χ3n) is 4.34. The van der Waals surface area contributed by atoms with Crippen LogP contribution >= 0.6 is 11.6 Å². The molecule has 0 amide bonds. The van der Waals surface area contributed by atoms with Crippen LogP contribution in [0.15, 0.2) is 24.3 Å². The molecule has 0 heterocycles. The first kappa shape index (κ1) is 14.8. The van der Waals surface area contributed by atoms with Crippen molar-refractivity contribution < 1.29 is 0 Å². The third kappa shape index (κ3) is 4.20. The summed E-state index contributed by atoms with van der Waals surface area (Å²) in [5.74, 6) is 0. The molecule has 2 rings (SSSR count). The molecule has 2 nitrogen and oxygen atoms in total. The van der Waals surface area contributed by atoms with Crippen molar-refractivity contribution in [1.29, 1.82) is 0 Å². The molecule has 3 heteroatoms. The molecule has 0 radical (unpaired) electrons. The lowest BCUT2D eigenvalue weighted by Gasteiger charge is -2.26. The fraction of sp³-hybridized carbons (Fsp3) is 0.625. The van der Waals surface area contributed by atoms with Crippen LogP contribution in [0.3, 0.4) is 0 Å². The summed E-state index contributed by atoms with van der Waals surface area (Å²) >= 11 is 5.94. The number of nitrogens with one attached hydrogen (secondary N) is 1. The van der Waals surface area contributed by atoms with Gasteiger partial charge in [-0.05, 0) is 57.6 Å². The summed E-state index contributed by atoms with van der Waals surface area (Å²) in [7, 11) is 4.30. The van der Waals surface area contributed by atoms with Gasteiger partial charge in [0.05, 0.1) is 0 Å². The normalized spacial score (nSPS) is 18.1. The Balaban J connectivity index is 1.86. The van der Waals surface area contributed by atoms with Gasteiger partial charge in [0.2, 0.25) is 0 Å². The fourth-order valence-electron chi connectivity index (χ4n) is 3.03. The second-order valence-corrected chi connectivity index (χ2v) is 6.04. The molecule has 1 atom stereocenters. The number of rotatable bonds is 6. The van der Waals surface area contributed by atoms with Crippen LogP contribution in [-0.4, -0.2) is 31.6 Å². The van der Waals surface area contributed by atoms with E-state index in [2.05, 4.69) is 29.4 Å². The summed E-state index contributed by atoms with van der Waals surface area (Å²) in [5.41, 5.74) is 1.33. The van der Waals surface area contributed by atoms with E-state index in [0.717, 1.165) is 24.0 Å². The van der Waals surface area contributed by atoms with E-state index in [1.807, 2.05) is 19.2 Å². The van der Waals surface area contributed by atoms with Gasteiger partial charge in [0.1, 0.15) is 0 Å². The van der Waals surface area contributed by atoms with Crippen LogP contribution in [0.2, 0.25) is 5.02 Å². The molecule has 0 spiro atoms. The molecule has 1 aromatic carbocycles. The average Bonchev–Trinajstić information content (AvgIpc) is 2.95. The minimum absolute atomic E-state index is 0.418. The van der Waals surface area contributed by atoms with Gasteiger partial charge in [-0.2, -0.15) is 0 Å². The predicted molar refractivity (Wildman–Crippen MR) is 82.8 cm³/mol. The van der Waals surface area contributed by atoms with Gasteiger partial charge in [-0.25, -0.2) is 0 Å². The average molecular weight is 281 g/mol. The lowest BCUT2D eigenvalue weighted by Crippen LogP contribution is -2.32. The van der Waals surface area contributed by atoms with Crippen LogP contribution in [0.4, 0.5) is 0 Å². The van der Waals surface area contributed by atoms with Crippen LogP contribution in [0.5, 0.6) is 0 Å². The Morgan fingerprint density at radius 1 is 1.26 bits per heavy atom. The Bertz CT molecular complexity index is 371. The third-order valence-corrected chi connectivity index (χ3v) is 4.59. The molecule has 1 aromatic rings. The molecule has 0 bridgehead atoms. The zero-order chi connectivity index (χ0) is 13.7. The van der Waals surface area contributed by atoms with Crippen molar-refractivity contribution in [2.24, 2.45) is 0 Å². The monoisotopic (exact) mass is 280 g/mol.